The largest absolute Gasteiger partial charge is 0.384 e. The predicted octanol–water partition coefficient (Wildman–Crippen LogP) is 4.36. The first-order chi connectivity index (χ1) is 9.70. The molecule has 2 rings (SSSR count). The summed E-state index contributed by atoms with van der Waals surface area (Å²) in [5, 5.41) is 3.61. The first kappa shape index (κ1) is 14.6. The van der Waals surface area contributed by atoms with Gasteiger partial charge in [0.05, 0.1) is 6.61 Å². The molecule has 20 heavy (non-hydrogen) atoms. The fraction of sp³-hybridized carbons (Fsp3) is 0.333. The standard InChI is InChI=1S/C18H23NO/c1-14-7-6-9-17(13-14)15(2)19-18-10-5-4-8-16(18)11-12-20-3/h4-10,13,15,19H,11-12H2,1-3H3. The molecule has 0 heterocycles. The molecule has 1 unspecified atom stereocenters. The van der Waals surface area contributed by atoms with Crippen LogP contribution in [0.5, 0.6) is 0 Å². The van der Waals surface area contributed by atoms with E-state index in [1.54, 1.807) is 7.11 Å². The second kappa shape index (κ2) is 7.11. The van der Waals surface area contributed by atoms with Gasteiger partial charge < -0.3 is 10.1 Å². The first-order valence-corrected chi connectivity index (χ1v) is 7.10. The normalized spacial score (nSPS) is 12.2. The van der Waals surface area contributed by atoms with E-state index in [-0.39, 0.29) is 0 Å². The van der Waals surface area contributed by atoms with E-state index < -0.39 is 0 Å². The number of methoxy groups -OCH3 is 1. The topological polar surface area (TPSA) is 21.3 Å². The molecule has 1 N–H and O–H groups in total. The van der Waals surface area contributed by atoms with Gasteiger partial charge in [-0.2, -0.15) is 0 Å². The molecule has 1 atom stereocenters. The minimum absolute atomic E-state index is 0.290. The van der Waals surface area contributed by atoms with Gasteiger partial charge in [-0.15, -0.1) is 0 Å². The number of anilines is 1. The van der Waals surface area contributed by atoms with E-state index in [4.69, 9.17) is 4.74 Å². The van der Waals surface area contributed by atoms with Crippen molar-refractivity contribution < 1.29 is 4.74 Å². The van der Waals surface area contributed by atoms with Gasteiger partial charge in [0.25, 0.3) is 0 Å². The van der Waals surface area contributed by atoms with E-state index in [1.807, 2.05) is 0 Å². The monoisotopic (exact) mass is 269 g/mol. The van der Waals surface area contributed by atoms with Gasteiger partial charge in [-0.1, -0.05) is 48.0 Å². The lowest BCUT2D eigenvalue weighted by Crippen LogP contribution is -2.09. The van der Waals surface area contributed by atoms with E-state index in [9.17, 15) is 0 Å². The summed E-state index contributed by atoms with van der Waals surface area (Å²) in [5.74, 6) is 0. The van der Waals surface area contributed by atoms with Crippen LogP contribution in [-0.4, -0.2) is 13.7 Å². The van der Waals surface area contributed by atoms with Crippen LogP contribution in [0.2, 0.25) is 0 Å². The highest BCUT2D eigenvalue weighted by atomic mass is 16.5. The lowest BCUT2D eigenvalue weighted by Gasteiger charge is -2.19. The van der Waals surface area contributed by atoms with Crippen molar-refractivity contribution in [2.75, 3.05) is 19.0 Å². The third kappa shape index (κ3) is 3.84. The van der Waals surface area contributed by atoms with Crippen LogP contribution >= 0.6 is 0 Å². The van der Waals surface area contributed by atoms with E-state index in [2.05, 4.69) is 67.7 Å². The summed E-state index contributed by atoms with van der Waals surface area (Å²) in [5.41, 5.74) is 5.10. The zero-order valence-electron chi connectivity index (χ0n) is 12.5. The van der Waals surface area contributed by atoms with Crippen molar-refractivity contribution in [3.63, 3.8) is 0 Å². The molecule has 0 aliphatic carbocycles. The number of ether oxygens (including phenoxy) is 1. The highest BCUT2D eigenvalue weighted by molar-refractivity contribution is 5.52. The van der Waals surface area contributed by atoms with E-state index >= 15 is 0 Å². The Hall–Kier alpha value is -1.80. The van der Waals surface area contributed by atoms with Crippen molar-refractivity contribution in [1.29, 1.82) is 0 Å². The maximum absolute atomic E-state index is 5.18. The number of hydrogen-bond acceptors (Lipinski definition) is 2. The van der Waals surface area contributed by atoms with E-state index in [1.165, 1.54) is 22.4 Å². The van der Waals surface area contributed by atoms with Crippen LogP contribution in [0.1, 0.15) is 29.7 Å². The second-order valence-electron chi connectivity index (χ2n) is 5.18. The highest BCUT2D eigenvalue weighted by Crippen LogP contribution is 2.23. The molecular weight excluding hydrogens is 246 g/mol. The fourth-order valence-electron chi connectivity index (χ4n) is 2.35. The van der Waals surface area contributed by atoms with Gasteiger partial charge in [0.1, 0.15) is 0 Å². The Morgan fingerprint density at radius 2 is 1.90 bits per heavy atom. The summed E-state index contributed by atoms with van der Waals surface area (Å²) in [6, 6.07) is 17.4. The lowest BCUT2D eigenvalue weighted by atomic mass is 10.0. The molecule has 0 radical (unpaired) electrons. The minimum Gasteiger partial charge on any atom is -0.384 e. The summed E-state index contributed by atoms with van der Waals surface area (Å²) in [6.07, 6.45) is 0.931. The van der Waals surface area contributed by atoms with Gasteiger partial charge in [0, 0.05) is 18.8 Å². The van der Waals surface area contributed by atoms with Crippen molar-refractivity contribution in [2.24, 2.45) is 0 Å². The number of aryl methyl sites for hydroxylation is 1. The molecule has 2 nitrogen and oxygen atoms in total. The third-order valence-corrected chi connectivity index (χ3v) is 3.51. The number of rotatable bonds is 6. The zero-order chi connectivity index (χ0) is 14.4. The summed E-state index contributed by atoms with van der Waals surface area (Å²) in [7, 11) is 1.74. The Labute approximate surface area is 121 Å². The van der Waals surface area contributed by atoms with Crippen molar-refractivity contribution in [3.8, 4) is 0 Å². The summed E-state index contributed by atoms with van der Waals surface area (Å²) in [6.45, 7) is 5.07. The molecule has 0 fully saturated rings. The summed E-state index contributed by atoms with van der Waals surface area (Å²) >= 11 is 0. The number of para-hydroxylation sites is 1. The Balaban J connectivity index is 2.13. The van der Waals surface area contributed by atoms with Gasteiger partial charge in [-0.25, -0.2) is 0 Å². The molecule has 0 saturated carbocycles. The average molecular weight is 269 g/mol. The van der Waals surface area contributed by atoms with Crippen LogP contribution in [0.4, 0.5) is 5.69 Å². The molecule has 0 saturated heterocycles. The predicted molar refractivity (Wildman–Crippen MR) is 85.2 cm³/mol. The SMILES string of the molecule is COCCc1ccccc1NC(C)c1cccc(C)c1. The molecule has 106 valence electrons. The molecule has 2 heteroatoms. The summed E-state index contributed by atoms with van der Waals surface area (Å²) in [4.78, 5) is 0. The summed E-state index contributed by atoms with van der Waals surface area (Å²) < 4.78 is 5.18. The Kier molecular flexibility index (Phi) is 5.19. The smallest absolute Gasteiger partial charge is 0.0503 e. The van der Waals surface area contributed by atoms with Gasteiger partial charge in [-0.05, 0) is 37.5 Å². The van der Waals surface area contributed by atoms with E-state index in [0.29, 0.717) is 6.04 Å². The van der Waals surface area contributed by atoms with Gasteiger partial charge in [0.15, 0.2) is 0 Å². The molecule has 0 bridgehead atoms. The van der Waals surface area contributed by atoms with Crippen LogP contribution in [0.25, 0.3) is 0 Å². The average Bonchev–Trinajstić information content (AvgIpc) is 2.46. The molecule has 0 amide bonds. The maximum Gasteiger partial charge on any atom is 0.0503 e. The van der Waals surface area contributed by atoms with Crippen LogP contribution < -0.4 is 5.32 Å². The van der Waals surface area contributed by atoms with Gasteiger partial charge in [-0.3, -0.25) is 0 Å². The lowest BCUT2D eigenvalue weighted by molar-refractivity contribution is 0.202. The van der Waals surface area contributed by atoms with Crippen LogP contribution in [-0.2, 0) is 11.2 Å². The fourth-order valence-corrected chi connectivity index (χ4v) is 2.35. The second-order valence-corrected chi connectivity index (χ2v) is 5.18. The van der Waals surface area contributed by atoms with Crippen molar-refractivity contribution in [3.05, 3.63) is 65.2 Å². The van der Waals surface area contributed by atoms with Crippen molar-refractivity contribution in [2.45, 2.75) is 26.3 Å². The molecule has 0 spiro atoms. The van der Waals surface area contributed by atoms with Crippen LogP contribution in [0, 0.1) is 6.92 Å². The number of hydrogen-bond donors (Lipinski definition) is 1. The molecule has 0 aromatic heterocycles. The number of benzene rings is 2. The maximum atomic E-state index is 5.18. The van der Waals surface area contributed by atoms with Crippen molar-refractivity contribution >= 4 is 5.69 Å². The van der Waals surface area contributed by atoms with Crippen LogP contribution in [0.3, 0.4) is 0 Å². The Morgan fingerprint density at radius 3 is 2.65 bits per heavy atom. The molecular formula is C18H23NO. The number of nitrogens with one attached hydrogen (secondary N) is 1. The quantitative estimate of drug-likeness (QED) is 0.841. The molecule has 0 aliphatic heterocycles. The Bertz CT molecular complexity index is 551. The first-order valence-electron chi connectivity index (χ1n) is 7.10. The van der Waals surface area contributed by atoms with Crippen LogP contribution in [0.15, 0.2) is 48.5 Å². The van der Waals surface area contributed by atoms with E-state index in [0.717, 1.165) is 13.0 Å². The minimum atomic E-state index is 0.290. The highest BCUT2D eigenvalue weighted by Gasteiger charge is 2.08. The Morgan fingerprint density at radius 1 is 1.10 bits per heavy atom. The van der Waals surface area contributed by atoms with Gasteiger partial charge in [0.2, 0.25) is 0 Å². The zero-order valence-corrected chi connectivity index (χ0v) is 12.5. The third-order valence-electron chi connectivity index (χ3n) is 3.51. The van der Waals surface area contributed by atoms with Gasteiger partial charge >= 0.3 is 0 Å². The molecule has 0 aliphatic rings. The van der Waals surface area contributed by atoms with Crippen molar-refractivity contribution in [1.82, 2.24) is 0 Å². The molecule has 2 aromatic rings. The molecule has 2 aromatic carbocycles.